The van der Waals surface area contributed by atoms with Crippen molar-refractivity contribution in [1.29, 1.82) is 0 Å². The van der Waals surface area contributed by atoms with E-state index in [9.17, 15) is 9.13 Å². The Kier molecular flexibility index (Phi) is 13.5. The molecule has 0 fully saturated rings. The fraction of sp³-hybridized carbons (Fsp3) is 1.00. The molecule has 0 atom stereocenters. The van der Waals surface area contributed by atoms with Crippen LogP contribution in [0.1, 0.15) is 9.78 Å². The molecule has 8 nitrogen and oxygen atoms in total. The van der Waals surface area contributed by atoms with Gasteiger partial charge < -0.3 is 33.0 Å². The molecule has 0 aromatic carbocycles. The van der Waals surface area contributed by atoms with Crippen LogP contribution >= 0.6 is 15.2 Å². The minimum Gasteiger partial charge on any atom is -1.00 e. The van der Waals surface area contributed by atoms with Crippen molar-refractivity contribution < 1.29 is 101 Å². The van der Waals surface area contributed by atoms with Crippen LogP contribution in [0.4, 0.5) is 0 Å². The van der Waals surface area contributed by atoms with Gasteiger partial charge >= 0.3 is 74.3 Å². The largest absolute Gasteiger partial charge is 1.00 e. The fourth-order valence-electron chi connectivity index (χ4n) is 0.170. The fourth-order valence-corrected chi connectivity index (χ4v) is 1.53. The van der Waals surface area contributed by atoms with E-state index in [1.807, 2.05) is 0 Å². The molecular formula is C2H12Na2O8P2. The van der Waals surface area contributed by atoms with Crippen molar-refractivity contribution in [3.63, 3.8) is 0 Å². The summed E-state index contributed by atoms with van der Waals surface area (Å²) >= 11 is 0. The van der Waals surface area contributed by atoms with E-state index < -0.39 is 20.3 Å². The first-order valence-corrected chi connectivity index (χ1v) is 5.56. The second-order valence-corrected chi connectivity index (χ2v) is 6.33. The van der Waals surface area contributed by atoms with Crippen LogP contribution in [-0.4, -0.2) is 35.2 Å². The second-order valence-electron chi connectivity index (χ2n) is 2.06. The SMILES string of the molecule is CC(O)(P(=O)(O)O)P(=O)(O)O.O.[H-].[H-].[Na+].[Na+]. The Morgan fingerprint density at radius 3 is 1.14 bits per heavy atom. The standard InChI is InChI=1S/C2H8O7P2.2Na.H2O.2H/c1-2(3,10(4,5)6)11(7,8)9;;;;;/h3H,1H3,(H2,4,5,6)(H2,7,8,9);;;1H2;;/q;2*+1;;2*-1. The predicted octanol–water partition coefficient (Wildman–Crippen LogP) is -7.58. The van der Waals surface area contributed by atoms with Gasteiger partial charge in [-0.25, -0.2) is 0 Å². The van der Waals surface area contributed by atoms with Crippen molar-refractivity contribution in [2.45, 2.75) is 12.0 Å². The minimum absolute atomic E-state index is 0. The molecule has 12 heteroatoms. The molecular weight excluding hydrogens is 260 g/mol. The average Bonchev–Trinajstić information content (AvgIpc) is 1.58. The molecule has 0 heterocycles. The quantitative estimate of drug-likeness (QED) is 0.246. The summed E-state index contributed by atoms with van der Waals surface area (Å²) in [5, 5.41) is 5.37. The maximum atomic E-state index is 10.3. The molecule has 0 spiro atoms. The molecule has 0 aliphatic carbocycles. The predicted molar refractivity (Wildman–Crippen MR) is 40.5 cm³/mol. The number of hydrogen-bond acceptors (Lipinski definition) is 3. The van der Waals surface area contributed by atoms with Crippen LogP contribution in [0.3, 0.4) is 0 Å². The van der Waals surface area contributed by atoms with E-state index in [4.69, 9.17) is 24.7 Å². The van der Waals surface area contributed by atoms with Crippen molar-refractivity contribution in [2.75, 3.05) is 0 Å². The molecule has 80 valence electrons. The summed E-state index contributed by atoms with van der Waals surface area (Å²) in [4.78, 5) is 33.0. The van der Waals surface area contributed by atoms with Gasteiger partial charge in [0.05, 0.1) is 0 Å². The molecule has 0 saturated carbocycles. The van der Waals surface area contributed by atoms with Gasteiger partial charge in [0.15, 0.2) is 0 Å². The maximum absolute atomic E-state index is 10.3. The van der Waals surface area contributed by atoms with Gasteiger partial charge in [0.2, 0.25) is 0 Å². The molecule has 0 saturated heterocycles. The van der Waals surface area contributed by atoms with Gasteiger partial charge in [0, 0.05) is 0 Å². The molecule has 7 N–H and O–H groups in total. The Morgan fingerprint density at radius 1 is 1.00 bits per heavy atom. The van der Waals surface area contributed by atoms with Gasteiger partial charge in [-0.2, -0.15) is 0 Å². The van der Waals surface area contributed by atoms with Crippen LogP contribution in [-0.2, 0) is 9.13 Å². The van der Waals surface area contributed by atoms with Crippen LogP contribution < -0.4 is 59.1 Å². The van der Waals surface area contributed by atoms with E-state index in [0.717, 1.165) is 0 Å². The summed E-state index contributed by atoms with van der Waals surface area (Å²) in [5.41, 5.74) is 0. The van der Waals surface area contributed by atoms with Crippen LogP contribution in [0.25, 0.3) is 0 Å². The zero-order valence-electron chi connectivity index (χ0n) is 9.95. The first kappa shape index (κ1) is 25.2. The molecule has 0 amide bonds. The smallest absolute Gasteiger partial charge is 1.00 e. The summed E-state index contributed by atoms with van der Waals surface area (Å²) in [6.45, 7) is 0.383. The number of hydrogen-bond donors (Lipinski definition) is 5. The summed E-state index contributed by atoms with van der Waals surface area (Å²) < 4.78 is 20.5. The normalized spacial score (nSPS) is 11.9. The van der Waals surface area contributed by atoms with Crippen molar-refractivity contribution in [1.82, 2.24) is 0 Å². The summed E-state index contributed by atoms with van der Waals surface area (Å²) in [6.07, 6.45) is 0. The van der Waals surface area contributed by atoms with E-state index in [2.05, 4.69) is 0 Å². The monoisotopic (exact) mass is 272 g/mol. The van der Waals surface area contributed by atoms with Gasteiger partial charge in [-0.15, -0.1) is 0 Å². The summed E-state index contributed by atoms with van der Waals surface area (Å²) in [7, 11) is -10.4. The summed E-state index contributed by atoms with van der Waals surface area (Å²) in [6, 6.07) is 0. The average molecular weight is 272 g/mol. The first-order valence-electron chi connectivity index (χ1n) is 2.34. The third kappa shape index (κ3) is 6.08. The maximum Gasteiger partial charge on any atom is 1.00 e. The second kappa shape index (κ2) is 7.53. The van der Waals surface area contributed by atoms with Crippen molar-refractivity contribution in [3.8, 4) is 0 Å². The van der Waals surface area contributed by atoms with Crippen LogP contribution in [0.5, 0.6) is 0 Å². The topological polar surface area (TPSA) is 167 Å². The Morgan fingerprint density at radius 2 is 1.14 bits per heavy atom. The van der Waals surface area contributed by atoms with E-state index in [0.29, 0.717) is 6.92 Å². The molecule has 0 unspecified atom stereocenters. The Balaban J connectivity index is -0.0000000500. The third-order valence-corrected chi connectivity index (χ3v) is 4.87. The van der Waals surface area contributed by atoms with Crippen molar-refractivity contribution >= 4 is 15.2 Å². The van der Waals surface area contributed by atoms with Gasteiger partial charge in [-0.1, -0.05) is 0 Å². The van der Waals surface area contributed by atoms with E-state index in [-0.39, 0.29) is 67.4 Å². The van der Waals surface area contributed by atoms with E-state index in [1.165, 1.54) is 0 Å². The first-order chi connectivity index (χ1) is 4.50. The Bertz CT molecular complexity index is 224. The molecule has 0 aromatic rings. The summed E-state index contributed by atoms with van der Waals surface area (Å²) in [5.74, 6) is 0. The number of rotatable bonds is 2. The zero-order valence-corrected chi connectivity index (χ0v) is 13.7. The van der Waals surface area contributed by atoms with Gasteiger partial charge in [0.1, 0.15) is 0 Å². The van der Waals surface area contributed by atoms with Crippen LogP contribution in [0, 0.1) is 0 Å². The number of aliphatic hydroxyl groups is 1. The van der Waals surface area contributed by atoms with Gasteiger partial charge in [0.25, 0.3) is 5.08 Å². The minimum atomic E-state index is -5.20. The van der Waals surface area contributed by atoms with Crippen molar-refractivity contribution in [3.05, 3.63) is 0 Å². The molecule has 0 aliphatic rings. The van der Waals surface area contributed by atoms with Gasteiger partial charge in [-0.3, -0.25) is 9.13 Å². The van der Waals surface area contributed by atoms with E-state index >= 15 is 0 Å². The van der Waals surface area contributed by atoms with Crippen LogP contribution in [0.15, 0.2) is 0 Å². The molecule has 0 aliphatic heterocycles. The van der Waals surface area contributed by atoms with Crippen molar-refractivity contribution in [2.24, 2.45) is 0 Å². The van der Waals surface area contributed by atoms with E-state index in [1.54, 1.807) is 0 Å². The van der Waals surface area contributed by atoms with Gasteiger partial charge in [-0.05, 0) is 6.92 Å². The molecule has 0 aromatic heterocycles. The molecule has 0 rings (SSSR count). The molecule has 0 bridgehead atoms. The third-order valence-electron chi connectivity index (χ3n) is 1.10. The Hall–Kier alpha value is 2.22. The van der Waals surface area contributed by atoms with Crippen LogP contribution in [0.2, 0.25) is 0 Å². The zero-order chi connectivity index (χ0) is 9.50. The Labute approximate surface area is 127 Å². The molecule has 14 heavy (non-hydrogen) atoms. The molecule has 0 radical (unpaired) electrons.